The van der Waals surface area contributed by atoms with Crippen molar-refractivity contribution in [3.63, 3.8) is 0 Å². The van der Waals surface area contributed by atoms with E-state index < -0.39 is 0 Å². The van der Waals surface area contributed by atoms with Crippen LogP contribution in [0.15, 0.2) is 16.7 Å². The van der Waals surface area contributed by atoms with Gasteiger partial charge in [0.2, 0.25) is 0 Å². The second kappa shape index (κ2) is 3.93. The Morgan fingerprint density at radius 1 is 1.73 bits per heavy atom. The van der Waals surface area contributed by atoms with Crippen LogP contribution in [0.4, 0.5) is 0 Å². The topological polar surface area (TPSA) is 22.1 Å². The first-order valence-electron chi connectivity index (χ1n) is 3.02. The largest absolute Gasteiger partial charge is 0.495 e. The quantitative estimate of drug-likeness (QED) is 0.737. The molecule has 0 fully saturated rings. The van der Waals surface area contributed by atoms with Crippen molar-refractivity contribution in [3.8, 4) is 5.75 Å². The number of hydrogen-bond donors (Lipinski definition) is 0. The van der Waals surface area contributed by atoms with Crippen molar-refractivity contribution in [1.29, 1.82) is 0 Å². The predicted molar refractivity (Wildman–Crippen MR) is 48.0 cm³/mol. The summed E-state index contributed by atoms with van der Waals surface area (Å²) >= 11 is 8.92. The molecular formula is C7H7BrClNO. The first kappa shape index (κ1) is 8.81. The lowest BCUT2D eigenvalue weighted by Crippen LogP contribution is -1.89. The molecule has 0 radical (unpaired) electrons. The van der Waals surface area contributed by atoms with E-state index in [1.807, 2.05) is 6.07 Å². The highest BCUT2D eigenvalue weighted by Crippen LogP contribution is 2.21. The summed E-state index contributed by atoms with van der Waals surface area (Å²) in [5.41, 5.74) is 0.826. The number of methoxy groups -OCH3 is 1. The van der Waals surface area contributed by atoms with Crippen molar-refractivity contribution in [2.24, 2.45) is 0 Å². The molecule has 0 bridgehead atoms. The van der Waals surface area contributed by atoms with Crippen LogP contribution in [0, 0.1) is 0 Å². The van der Waals surface area contributed by atoms with Crippen molar-refractivity contribution >= 4 is 27.5 Å². The minimum absolute atomic E-state index is 0.407. The molecule has 0 aromatic carbocycles. The van der Waals surface area contributed by atoms with Gasteiger partial charge in [-0.3, -0.25) is 4.98 Å². The Hall–Kier alpha value is -0.280. The normalized spacial score (nSPS) is 9.73. The van der Waals surface area contributed by atoms with E-state index >= 15 is 0 Å². The summed E-state index contributed by atoms with van der Waals surface area (Å²) in [7, 11) is 1.60. The molecular weight excluding hydrogens is 229 g/mol. The molecule has 0 atom stereocenters. The highest BCUT2D eigenvalue weighted by atomic mass is 79.9. The van der Waals surface area contributed by atoms with E-state index in [0.717, 1.165) is 15.9 Å². The van der Waals surface area contributed by atoms with Crippen LogP contribution in [0.2, 0.25) is 0 Å². The van der Waals surface area contributed by atoms with Crippen LogP contribution in [0.5, 0.6) is 5.75 Å². The number of nitrogens with zero attached hydrogens (tertiary/aromatic N) is 1. The molecule has 0 saturated carbocycles. The fourth-order valence-corrected chi connectivity index (χ4v) is 1.50. The van der Waals surface area contributed by atoms with Crippen molar-refractivity contribution in [3.05, 3.63) is 22.4 Å². The average molecular weight is 236 g/mol. The lowest BCUT2D eigenvalue weighted by Gasteiger charge is -2.01. The second-order valence-corrected chi connectivity index (χ2v) is 3.06. The van der Waals surface area contributed by atoms with E-state index in [9.17, 15) is 0 Å². The Morgan fingerprint density at radius 3 is 2.91 bits per heavy atom. The molecule has 0 unspecified atom stereocenters. The number of pyridine rings is 1. The molecule has 0 N–H and O–H groups in total. The molecule has 1 aromatic rings. The molecule has 1 heterocycles. The van der Waals surface area contributed by atoms with Crippen LogP contribution in [-0.2, 0) is 5.88 Å². The molecule has 4 heteroatoms. The second-order valence-electron chi connectivity index (χ2n) is 1.94. The lowest BCUT2D eigenvalue weighted by atomic mass is 10.4. The Labute approximate surface area is 78.7 Å². The minimum atomic E-state index is 0.407. The molecule has 0 aliphatic heterocycles. The van der Waals surface area contributed by atoms with Gasteiger partial charge >= 0.3 is 0 Å². The van der Waals surface area contributed by atoms with Gasteiger partial charge in [-0.05, 0) is 22.0 Å². The molecule has 0 aliphatic carbocycles. The van der Waals surface area contributed by atoms with Crippen LogP contribution >= 0.6 is 27.5 Å². The predicted octanol–water partition coefficient (Wildman–Crippen LogP) is 2.59. The standard InChI is InChI=1S/C7H7BrClNO/c1-11-5-2-6(8)7(3-9)10-4-5/h2,4H,3H2,1H3. The molecule has 0 saturated heterocycles. The molecule has 1 aromatic heterocycles. The van der Waals surface area contributed by atoms with Crippen LogP contribution in [0.1, 0.15) is 5.69 Å². The van der Waals surface area contributed by atoms with Crippen LogP contribution in [0.3, 0.4) is 0 Å². The first-order chi connectivity index (χ1) is 5.27. The van der Waals surface area contributed by atoms with E-state index in [1.165, 1.54) is 0 Å². The monoisotopic (exact) mass is 235 g/mol. The van der Waals surface area contributed by atoms with E-state index in [1.54, 1.807) is 13.3 Å². The molecule has 0 amide bonds. The van der Waals surface area contributed by atoms with Gasteiger partial charge in [0.1, 0.15) is 5.75 Å². The van der Waals surface area contributed by atoms with Gasteiger partial charge in [-0.25, -0.2) is 0 Å². The van der Waals surface area contributed by atoms with Crippen molar-refractivity contribution in [2.75, 3.05) is 7.11 Å². The maximum atomic E-state index is 5.59. The zero-order valence-electron chi connectivity index (χ0n) is 5.97. The third-order valence-corrected chi connectivity index (χ3v) is 2.19. The number of halogens is 2. The summed E-state index contributed by atoms with van der Waals surface area (Å²) in [4.78, 5) is 4.06. The third-order valence-electron chi connectivity index (χ3n) is 1.25. The van der Waals surface area contributed by atoms with Gasteiger partial charge in [0.05, 0.1) is 24.9 Å². The fourth-order valence-electron chi connectivity index (χ4n) is 0.659. The van der Waals surface area contributed by atoms with Gasteiger partial charge in [0.15, 0.2) is 0 Å². The molecule has 0 spiro atoms. The summed E-state index contributed by atoms with van der Waals surface area (Å²) < 4.78 is 5.84. The van der Waals surface area contributed by atoms with Gasteiger partial charge in [-0.1, -0.05) is 0 Å². The number of alkyl halides is 1. The summed E-state index contributed by atoms with van der Waals surface area (Å²) in [6.07, 6.45) is 1.64. The van der Waals surface area contributed by atoms with E-state index in [4.69, 9.17) is 16.3 Å². The van der Waals surface area contributed by atoms with Gasteiger partial charge < -0.3 is 4.74 Å². The minimum Gasteiger partial charge on any atom is -0.495 e. The van der Waals surface area contributed by atoms with E-state index in [-0.39, 0.29) is 0 Å². The highest BCUT2D eigenvalue weighted by Gasteiger charge is 2.00. The SMILES string of the molecule is COc1cnc(CCl)c(Br)c1. The van der Waals surface area contributed by atoms with E-state index in [2.05, 4.69) is 20.9 Å². The Kier molecular flexibility index (Phi) is 3.15. The molecule has 11 heavy (non-hydrogen) atoms. The Bertz CT molecular complexity index is 254. The number of ether oxygens (including phenoxy) is 1. The van der Waals surface area contributed by atoms with Crippen molar-refractivity contribution in [2.45, 2.75) is 5.88 Å². The number of aromatic nitrogens is 1. The highest BCUT2D eigenvalue weighted by molar-refractivity contribution is 9.10. The summed E-state index contributed by atoms with van der Waals surface area (Å²) in [5, 5.41) is 0. The van der Waals surface area contributed by atoms with Gasteiger partial charge in [0, 0.05) is 4.47 Å². The molecule has 60 valence electrons. The average Bonchev–Trinajstić information content (AvgIpc) is 2.04. The molecule has 0 aliphatic rings. The Balaban J connectivity index is 2.99. The third kappa shape index (κ3) is 2.07. The summed E-state index contributed by atoms with van der Waals surface area (Å²) in [5.74, 6) is 1.13. The smallest absolute Gasteiger partial charge is 0.138 e. The fraction of sp³-hybridized carbons (Fsp3) is 0.286. The number of hydrogen-bond acceptors (Lipinski definition) is 2. The van der Waals surface area contributed by atoms with Crippen molar-refractivity contribution in [1.82, 2.24) is 4.98 Å². The number of rotatable bonds is 2. The van der Waals surface area contributed by atoms with E-state index in [0.29, 0.717) is 5.88 Å². The Morgan fingerprint density at radius 2 is 2.45 bits per heavy atom. The zero-order valence-corrected chi connectivity index (χ0v) is 8.32. The summed E-state index contributed by atoms with van der Waals surface area (Å²) in [6.45, 7) is 0. The molecule has 1 rings (SSSR count). The molecule has 2 nitrogen and oxygen atoms in total. The van der Waals surface area contributed by atoms with Crippen molar-refractivity contribution < 1.29 is 4.74 Å². The summed E-state index contributed by atoms with van der Waals surface area (Å²) in [6, 6.07) is 1.84. The van der Waals surface area contributed by atoms with Crippen LogP contribution in [-0.4, -0.2) is 12.1 Å². The maximum Gasteiger partial charge on any atom is 0.138 e. The zero-order chi connectivity index (χ0) is 8.27. The van der Waals surface area contributed by atoms with Gasteiger partial charge in [0.25, 0.3) is 0 Å². The maximum absolute atomic E-state index is 5.59. The lowest BCUT2D eigenvalue weighted by molar-refractivity contribution is 0.412. The van der Waals surface area contributed by atoms with Crippen LogP contribution in [0.25, 0.3) is 0 Å². The first-order valence-corrected chi connectivity index (χ1v) is 4.35. The van der Waals surface area contributed by atoms with Gasteiger partial charge in [-0.2, -0.15) is 0 Å². The van der Waals surface area contributed by atoms with Gasteiger partial charge in [-0.15, -0.1) is 11.6 Å². The van der Waals surface area contributed by atoms with Crippen LogP contribution < -0.4 is 4.74 Å².